The molecule has 1 amide bonds. The van der Waals surface area contributed by atoms with E-state index in [0.29, 0.717) is 5.56 Å². The van der Waals surface area contributed by atoms with Gasteiger partial charge in [-0.05, 0) is 29.3 Å². The van der Waals surface area contributed by atoms with Crippen molar-refractivity contribution in [3.8, 4) is 5.75 Å². The molecular weight excluding hydrogens is 436 g/mol. The number of amides is 1. The number of halogens is 5. The number of nitrogens with one attached hydrogen (secondary N) is 1. The van der Waals surface area contributed by atoms with Crippen molar-refractivity contribution in [2.45, 2.75) is 12.6 Å². The molecular formula is C18H13Cl2F3N2O4. The molecule has 6 nitrogen and oxygen atoms in total. The molecule has 2 N–H and O–H groups in total. The van der Waals surface area contributed by atoms with Crippen LogP contribution in [0.3, 0.4) is 0 Å². The number of nitrogens with zero attached hydrogens (tertiary/aromatic N) is 1. The van der Waals surface area contributed by atoms with E-state index in [-0.39, 0.29) is 27.8 Å². The molecule has 0 spiro atoms. The predicted octanol–water partition coefficient (Wildman–Crippen LogP) is 4.17. The van der Waals surface area contributed by atoms with Crippen LogP contribution in [0.25, 0.3) is 0 Å². The van der Waals surface area contributed by atoms with Crippen molar-refractivity contribution < 1.29 is 32.6 Å². The highest BCUT2D eigenvalue weighted by Gasteiger charge is 2.30. The third kappa shape index (κ3) is 6.95. The van der Waals surface area contributed by atoms with Gasteiger partial charge in [-0.15, -0.1) is 0 Å². The van der Waals surface area contributed by atoms with Crippen molar-refractivity contribution in [2.24, 2.45) is 5.10 Å². The Kier molecular flexibility index (Phi) is 7.46. The van der Waals surface area contributed by atoms with Crippen LogP contribution in [-0.2, 0) is 22.2 Å². The predicted molar refractivity (Wildman–Crippen MR) is 100 cm³/mol. The Hall–Kier alpha value is -2.78. The highest BCUT2D eigenvalue weighted by atomic mass is 35.5. The highest BCUT2D eigenvalue weighted by Crippen LogP contribution is 2.34. The largest absolute Gasteiger partial charge is 0.479 e. The van der Waals surface area contributed by atoms with Gasteiger partial charge in [-0.2, -0.15) is 18.3 Å². The van der Waals surface area contributed by atoms with Gasteiger partial charge in [0.1, 0.15) is 0 Å². The third-order valence-corrected chi connectivity index (χ3v) is 3.94. The Morgan fingerprint density at radius 1 is 1.17 bits per heavy atom. The first-order valence-electron chi connectivity index (χ1n) is 7.88. The maximum atomic E-state index is 12.7. The van der Waals surface area contributed by atoms with E-state index in [0.717, 1.165) is 12.1 Å². The molecule has 0 saturated carbocycles. The zero-order valence-electron chi connectivity index (χ0n) is 14.5. The normalized spacial score (nSPS) is 11.5. The number of rotatable bonds is 7. The average Bonchev–Trinajstić information content (AvgIpc) is 2.60. The lowest BCUT2D eigenvalue weighted by molar-refractivity contribution is -0.139. The summed E-state index contributed by atoms with van der Waals surface area (Å²) in [6.45, 7) is -0.627. The first-order valence-corrected chi connectivity index (χ1v) is 8.63. The summed E-state index contributed by atoms with van der Waals surface area (Å²) >= 11 is 12.0. The molecule has 0 saturated heterocycles. The van der Waals surface area contributed by atoms with Crippen LogP contribution in [0.15, 0.2) is 41.5 Å². The average molecular weight is 449 g/mol. The summed E-state index contributed by atoms with van der Waals surface area (Å²) in [5, 5.41) is 12.4. The van der Waals surface area contributed by atoms with E-state index in [1.807, 2.05) is 0 Å². The minimum atomic E-state index is -4.50. The number of carbonyl (C=O) groups excluding carboxylic acids is 1. The van der Waals surface area contributed by atoms with Crippen molar-refractivity contribution in [2.75, 3.05) is 6.61 Å². The van der Waals surface area contributed by atoms with Crippen molar-refractivity contribution >= 4 is 41.3 Å². The summed E-state index contributed by atoms with van der Waals surface area (Å²) in [7, 11) is 0. The SMILES string of the molecule is O=C(O)COc1c(Cl)cc(/C=N/NC(=O)Cc2cccc(C(F)(F)F)c2)cc1Cl. The molecule has 11 heteroatoms. The van der Waals surface area contributed by atoms with Gasteiger partial charge in [-0.25, -0.2) is 10.2 Å². The number of benzene rings is 2. The maximum absolute atomic E-state index is 12.7. The zero-order valence-corrected chi connectivity index (χ0v) is 16.0. The number of alkyl halides is 3. The Morgan fingerprint density at radius 3 is 2.41 bits per heavy atom. The second-order valence-corrected chi connectivity index (χ2v) is 6.48. The van der Waals surface area contributed by atoms with Gasteiger partial charge in [0.15, 0.2) is 12.4 Å². The van der Waals surface area contributed by atoms with Gasteiger partial charge in [0.05, 0.1) is 28.2 Å². The quantitative estimate of drug-likeness (QED) is 0.491. The number of ether oxygens (including phenoxy) is 1. The van der Waals surface area contributed by atoms with Gasteiger partial charge in [0.25, 0.3) is 0 Å². The molecule has 0 bridgehead atoms. The van der Waals surface area contributed by atoms with E-state index in [9.17, 15) is 22.8 Å². The van der Waals surface area contributed by atoms with E-state index < -0.39 is 30.2 Å². The van der Waals surface area contributed by atoms with Crippen LogP contribution in [0.1, 0.15) is 16.7 Å². The van der Waals surface area contributed by atoms with E-state index in [2.05, 4.69) is 10.5 Å². The minimum absolute atomic E-state index is 0.0125. The zero-order chi connectivity index (χ0) is 21.6. The lowest BCUT2D eigenvalue weighted by Gasteiger charge is -2.09. The summed E-state index contributed by atoms with van der Waals surface area (Å²) in [5.74, 6) is -1.84. The van der Waals surface area contributed by atoms with Crippen LogP contribution in [0.2, 0.25) is 10.0 Å². The van der Waals surface area contributed by atoms with Crippen LogP contribution in [0.5, 0.6) is 5.75 Å². The van der Waals surface area contributed by atoms with Gasteiger partial charge in [-0.3, -0.25) is 4.79 Å². The van der Waals surface area contributed by atoms with Gasteiger partial charge in [-0.1, -0.05) is 41.4 Å². The fourth-order valence-corrected chi connectivity index (χ4v) is 2.80. The number of hydrazone groups is 1. The van der Waals surface area contributed by atoms with Gasteiger partial charge >= 0.3 is 12.1 Å². The van der Waals surface area contributed by atoms with Crippen molar-refractivity contribution in [3.05, 3.63) is 63.1 Å². The van der Waals surface area contributed by atoms with Crippen molar-refractivity contribution in [3.63, 3.8) is 0 Å². The molecule has 29 heavy (non-hydrogen) atoms. The molecule has 0 aliphatic carbocycles. The van der Waals surface area contributed by atoms with Crippen LogP contribution < -0.4 is 10.2 Å². The molecule has 2 aromatic rings. The van der Waals surface area contributed by atoms with Crippen LogP contribution >= 0.6 is 23.2 Å². The molecule has 0 atom stereocenters. The number of hydrogen-bond acceptors (Lipinski definition) is 4. The molecule has 0 aliphatic rings. The summed E-state index contributed by atoms with van der Waals surface area (Å²) in [6, 6.07) is 7.18. The van der Waals surface area contributed by atoms with Gasteiger partial charge in [0.2, 0.25) is 5.91 Å². The first-order chi connectivity index (χ1) is 13.6. The number of aliphatic carboxylic acids is 1. The Morgan fingerprint density at radius 2 is 1.83 bits per heavy atom. The molecule has 0 aromatic heterocycles. The molecule has 0 unspecified atom stereocenters. The van der Waals surface area contributed by atoms with E-state index in [1.54, 1.807) is 0 Å². The van der Waals surface area contributed by atoms with Gasteiger partial charge in [0, 0.05) is 0 Å². The van der Waals surface area contributed by atoms with Crippen LogP contribution in [-0.4, -0.2) is 29.8 Å². The summed E-state index contributed by atoms with van der Waals surface area (Å²) in [4.78, 5) is 22.4. The molecule has 0 fully saturated rings. The van der Waals surface area contributed by atoms with Crippen molar-refractivity contribution in [1.29, 1.82) is 0 Å². The fourth-order valence-electron chi connectivity index (χ4n) is 2.19. The number of hydrogen-bond donors (Lipinski definition) is 2. The number of carboxylic acids is 1. The summed E-state index contributed by atoms with van der Waals surface area (Å²) < 4.78 is 43.0. The minimum Gasteiger partial charge on any atom is -0.479 e. The van der Waals surface area contributed by atoms with E-state index >= 15 is 0 Å². The lowest BCUT2D eigenvalue weighted by atomic mass is 10.1. The molecule has 0 aliphatic heterocycles. The first kappa shape index (κ1) is 22.5. The number of carbonyl (C=O) groups is 2. The molecule has 2 rings (SSSR count). The smallest absolute Gasteiger partial charge is 0.416 e. The lowest BCUT2D eigenvalue weighted by Crippen LogP contribution is -2.20. The Balaban J connectivity index is 1.99. The maximum Gasteiger partial charge on any atom is 0.416 e. The molecule has 154 valence electrons. The second kappa shape index (κ2) is 9.62. The summed E-state index contributed by atoms with van der Waals surface area (Å²) in [6.07, 6.45) is -3.59. The fraction of sp³-hybridized carbons (Fsp3) is 0.167. The third-order valence-electron chi connectivity index (χ3n) is 3.38. The Bertz CT molecular complexity index is 926. The standard InChI is InChI=1S/C18H13Cl2F3N2O4/c19-13-5-11(6-14(20)17(13)29-9-16(27)28)8-24-25-15(26)7-10-2-1-3-12(4-10)18(21,22)23/h1-6,8H,7,9H2,(H,25,26)(H,27,28)/b24-8+. The monoisotopic (exact) mass is 448 g/mol. The molecule has 0 radical (unpaired) electrons. The van der Waals surface area contributed by atoms with Crippen molar-refractivity contribution in [1.82, 2.24) is 5.43 Å². The Labute approximate surface area is 172 Å². The molecule has 2 aromatic carbocycles. The van der Waals surface area contributed by atoms with E-state index in [4.69, 9.17) is 33.0 Å². The highest BCUT2D eigenvalue weighted by molar-refractivity contribution is 6.37. The summed E-state index contributed by atoms with van der Waals surface area (Å²) in [5.41, 5.74) is 1.90. The number of carboxylic acid groups (broad SMARTS) is 1. The topological polar surface area (TPSA) is 88.0 Å². The van der Waals surface area contributed by atoms with E-state index in [1.165, 1.54) is 30.5 Å². The van der Waals surface area contributed by atoms with Gasteiger partial charge < -0.3 is 9.84 Å². The van der Waals surface area contributed by atoms with Crippen LogP contribution in [0, 0.1) is 0 Å². The second-order valence-electron chi connectivity index (χ2n) is 5.66. The van der Waals surface area contributed by atoms with Crippen LogP contribution in [0.4, 0.5) is 13.2 Å². The molecule has 0 heterocycles.